The minimum absolute atomic E-state index is 0. The third-order valence-electron chi connectivity index (χ3n) is 0.769. The van der Waals surface area contributed by atoms with Crippen molar-refractivity contribution in [3.8, 4) is 0 Å². The van der Waals surface area contributed by atoms with Crippen molar-refractivity contribution in [3.63, 3.8) is 0 Å². The molecule has 60 valence electrons. The van der Waals surface area contributed by atoms with Gasteiger partial charge < -0.3 is 9.47 Å². The monoisotopic (exact) mass is 216 g/mol. The van der Waals surface area contributed by atoms with E-state index in [9.17, 15) is 0 Å². The number of rotatable bonds is 3. The van der Waals surface area contributed by atoms with Crippen molar-refractivity contribution in [2.75, 3.05) is 20.1 Å². The molecular formula is C4H8Cl2NiO2. The number of ether oxygens (including phenoxy) is 2. The van der Waals surface area contributed by atoms with Gasteiger partial charge in [0.1, 0.15) is 0 Å². The number of alkyl halides is 2. The van der Waals surface area contributed by atoms with Crippen LogP contribution >= 0.6 is 23.2 Å². The Kier molecular flexibility index (Phi) is 8.09. The van der Waals surface area contributed by atoms with E-state index in [4.69, 9.17) is 23.2 Å². The predicted molar refractivity (Wildman–Crippen MR) is 33.3 cm³/mol. The summed E-state index contributed by atoms with van der Waals surface area (Å²) in [7, 11) is 2.86. The van der Waals surface area contributed by atoms with Crippen molar-refractivity contribution in [2.24, 2.45) is 0 Å². The second-order valence-corrected chi connectivity index (χ2v) is 2.04. The van der Waals surface area contributed by atoms with Gasteiger partial charge in [-0.15, -0.1) is 11.6 Å². The van der Waals surface area contributed by atoms with E-state index in [0.717, 1.165) is 0 Å². The van der Waals surface area contributed by atoms with Crippen LogP contribution in [-0.2, 0) is 26.0 Å². The van der Waals surface area contributed by atoms with Crippen LogP contribution in [0.2, 0.25) is 0 Å². The molecule has 0 radical (unpaired) electrons. The van der Waals surface area contributed by atoms with Crippen LogP contribution in [0.4, 0.5) is 0 Å². The zero-order chi connectivity index (χ0) is 6.62. The van der Waals surface area contributed by atoms with E-state index in [1.54, 1.807) is 0 Å². The second-order valence-electron chi connectivity index (χ2n) is 1.20. The van der Waals surface area contributed by atoms with Crippen molar-refractivity contribution >= 4 is 23.2 Å². The summed E-state index contributed by atoms with van der Waals surface area (Å²) in [4.78, 5) is 0. The largest absolute Gasteiger partial charge is 0.340 e. The van der Waals surface area contributed by atoms with Gasteiger partial charge in [0, 0.05) is 30.7 Å². The Hall–Kier alpha value is 0.994. The fraction of sp³-hybridized carbons (Fsp3) is 1.00. The number of halogens is 2. The van der Waals surface area contributed by atoms with E-state index >= 15 is 0 Å². The summed E-state index contributed by atoms with van der Waals surface area (Å²) in [5.74, 6) is 0.113. The zero-order valence-corrected chi connectivity index (χ0v) is 7.60. The molecule has 9 heavy (non-hydrogen) atoms. The summed E-state index contributed by atoms with van der Waals surface area (Å²) >= 11 is 10.8. The second kappa shape index (κ2) is 5.75. The first kappa shape index (κ1) is 12.7. The molecule has 0 aromatic rings. The van der Waals surface area contributed by atoms with E-state index in [1.807, 2.05) is 0 Å². The summed E-state index contributed by atoms with van der Waals surface area (Å²) in [5, 5.41) is -1.14. The fourth-order valence-corrected chi connectivity index (χ4v) is 0.411. The molecule has 0 heterocycles. The van der Waals surface area contributed by atoms with Gasteiger partial charge in [-0.1, -0.05) is 11.6 Å². The van der Waals surface area contributed by atoms with Crippen molar-refractivity contribution in [1.82, 2.24) is 0 Å². The molecule has 0 amide bonds. The molecule has 0 aliphatic carbocycles. The Morgan fingerprint density at radius 1 is 1.33 bits per heavy atom. The number of hydrogen-bond acceptors (Lipinski definition) is 2. The molecule has 0 aromatic carbocycles. The molecule has 0 saturated heterocycles. The number of methoxy groups -OCH3 is 2. The Bertz CT molecular complexity index is 59.3. The van der Waals surface area contributed by atoms with Crippen LogP contribution in [0.3, 0.4) is 0 Å². The standard InChI is InChI=1S/C4H8Cl2O2.Ni/c1-7-4(6,3-5)8-2;/h3H2,1-2H3;. The summed E-state index contributed by atoms with van der Waals surface area (Å²) in [6.45, 7) is 0. The van der Waals surface area contributed by atoms with E-state index in [1.165, 1.54) is 14.2 Å². The van der Waals surface area contributed by atoms with E-state index < -0.39 is 5.25 Å². The Balaban J connectivity index is 0. The average molecular weight is 218 g/mol. The van der Waals surface area contributed by atoms with Crippen LogP contribution in [0, 0.1) is 0 Å². The third-order valence-corrected chi connectivity index (χ3v) is 1.70. The van der Waals surface area contributed by atoms with Gasteiger partial charge in [-0.2, -0.15) is 0 Å². The quantitative estimate of drug-likeness (QED) is 0.404. The van der Waals surface area contributed by atoms with Gasteiger partial charge in [0.05, 0.1) is 5.88 Å². The first-order chi connectivity index (χ1) is 3.68. The molecule has 0 atom stereocenters. The molecule has 0 rings (SSSR count). The van der Waals surface area contributed by atoms with Crippen LogP contribution in [0.5, 0.6) is 0 Å². The summed E-state index contributed by atoms with van der Waals surface area (Å²) in [5.41, 5.74) is 0. The SMILES string of the molecule is COC(Cl)(CCl)OC.[Ni]. The van der Waals surface area contributed by atoms with Crippen LogP contribution in [0.25, 0.3) is 0 Å². The van der Waals surface area contributed by atoms with Crippen LogP contribution in [0.15, 0.2) is 0 Å². The van der Waals surface area contributed by atoms with Crippen molar-refractivity contribution in [3.05, 3.63) is 0 Å². The first-order valence-electron chi connectivity index (χ1n) is 2.03. The molecule has 0 aliphatic rings. The fourth-order valence-electron chi connectivity index (χ4n) is 0.192. The Morgan fingerprint density at radius 3 is 1.67 bits per heavy atom. The Morgan fingerprint density at radius 2 is 1.67 bits per heavy atom. The van der Waals surface area contributed by atoms with Gasteiger partial charge in [0.15, 0.2) is 0 Å². The summed E-state index contributed by atoms with van der Waals surface area (Å²) in [6, 6.07) is 0. The van der Waals surface area contributed by atoms with Gasteiger partial charge in [0.25, 0.3) is 5.25 Å². The Labute approximate surface area is 74.7 Å². The van der Waals surface area contributed by atoms with Gasteiger partial charge in [-0.25, -0.2) is 0 Å². The summed E-state index contributed by atoms with van der Waals surface area (Å²) < 4.78 is 9.29. The average Bonchev–Trinajstić information content (AvgIpc) is 1.87. The van der Waals surface area contributed by atoms with Gasteiger partial charge >= 0.3 is 0 Å². The maximum absolute atomic E-state index is 5.52. The molecule has 0 spiro atoms. The maximum atomic E-state index is 5.52. The normalized spacial score (nSPS) is 10.7. The zero-order valence-electron chi connectivity index (χ0n) is 5.10. The maximum Gasteiger partial charge on any atom is 0.261 e. The third kappa shape index (κ3) is 4.40. The van der Waals surface area contributed by atoms with Gasteiger partial charge in [-0.05, 0) is 0 Å². The topological polar surface area (TPSA) is 18.5 Å². The summed E-state index contributed by atoms with van der Waals surface area (Å²) in [6.07, 6.45) is 0. The molecule has 0 aromatic heterocycles. The molecule has 0 bridgehead atoms. The first-order valence-corrected chi connectivity index (χ1v) is 2.95. The van der Waals surface area contributed by atoms with Crippen molar-refractivity contribution in [2.45, 2.75) is 5.25 Å². The molecule has 5 heteroatoms. The van der Waals surface area contributed by atoms with Crippen LogP contribution in [-0.4, -0.2) is 25.3 Å². The molecular weight excluding hydrogens is 210 g/mol. The minimum atomic E-state index is -1.14. The number of hydrogen-bond donors (Lipinski definition) is 0. The molecule has 0 saturated carbocycles. The molecule has 0 fully saturated rings. The van der Waals surface area contributed by atoms with Crippen LogP contribution < -0.4 is 0 Å². The molecule has 0 N–H and O–H groups in total. The van der Waals surface area contributed by atoms with Gasteiger partial charge in [0.2, 0.25) is 0 Å². The van der Waals surface area contributed by atoms with E-state index in [2.05, 4.69) is 9.47 Å². The van der Waals surface area contributed by atoms with Crippen LogP contribution in [0.1, 0.15) is 0 Å². The minimum Gasteiger partial charge on any atom is -0.340 e. The predicted octanol–water partition coefficient (Wildman–Crippen LogP) is 1.41. The molecule has 0 aliphatic heterocycles. The smallest absolute Gasteiger partial charge is 0.261 e. The van der Waals surface area contributed by atoms with E-state index in [-0.39, 0.29) is 22.4 Å². The molecule has 2 nitrogen and oxygen atoms in total. The molecule has 0 unspecified atom stereocenters. The van der Waals surface area contributed by atoms with Crippen molar-refractivity contribution in [1.29, 1.82) is 0 Å². The van der Waals surface area contributed by atoms with Crippen molar-refractivity contribution < 1.29 is 26.0 Å². The van der Waals surface area contributed by atoms with Gasteiger partial charge in [-0.3, -0.25) is 0 Å². The van der Waals surface area contributed by atoms with E-state index in [0.29, 0.717) is 0 Å².